The SMILES string of the molecule is O[C@H]1CC[C@H](N2CCC3(CCN(c4ncccc4C(F)(F)F)CC3)C2)CC1. The van der Waals surface area contributed by atoms with Crippen molar-refractivity contribution in [1.82, 2.24) is 9.88 Å². The molecule has 1 aromatic heterocycles. The summed E-state index contributed by atoms with van der Waals surface area (Å²) in [5.74, 6) is 0.0796. The lowest BCUT2D eigenvalue weighted by Gasteiger charge is -2.41. The summed E-state index contributed by atoms with van der Waals surface area (Å²) < 4.78 is 39.9. The van der Waals surface area contributed by atoms with Gasteiger partial charge in [0.15, 0.2) is 0 Å². The fourth-order valence-corrected chi connectivity index (χ4v) is 5.18. The second kappa shape index (κ2) is 7.24. The van der Waals surface area contributed by atoms with Crippen LogP contribution in [0.15, 0.2) is 18.3 Å². The summed E-state index contributed by atoms with van der Waals surface area (Å²) >= 11 is 0. The molecule has 1 saturated carbocycles. The Morgan fingerprint density at radius 3 is 2.37 bits per heavy atom. The molecular weight excluding hydrogens is 355 g/mol. The van der Waals surface area contributed by atoms with Crippen LogP contribution in [-0.4, -0.2) is 53.3 Å². The molecule has 0 bridgehead atoms. The van der Waals surface area contributed by atoms with Crippen LogP contribution in [-0.2, 0) is 6.18 Å². The average molecular weight is 383 g/mol. The zero-order valence-electron chi connectivity index (χ0n) is 15.6. The van der Waals surface area contributed by atoms with Gasteiger partial charge in [-0.1, -0.05) is 0 Å². The first kappa shape index (κ1) is 19.0. The highest BCUT2D eigenvalue weighted by Crippen LogP contribution is 2.44. The molecule has 0 amide bonds. The number of hydrogen-bond acceptors (Lipinski definition) is 4. The van der Waals surface area contributed by atoms with Crippen molar-refractivity contribution < 1.29 is 18.3 Å². The Hall–Kier alpha value is -1.34. The Labute approximate surface area is 158 Å². The third-order valence-electron chi connectivity index (χ3n) is 6.87. The van der Waals surface area contributed by atoms with Gasteiger partial charge in [-0.15, -0.1) is 0 Å². The number of pyridine rings is 1. The minimum Gasteiger partial charge on any atom is -0.393 e. The maximum atomic E-state index is 13.3. The van der Waals surface area contributed by atoms with E-state index in [0.29, 0.717) is 19.1 Å². The van der Waals surface area contributed by atoms with E-state index in [9.17, 15) is 18.3 Å². The van der Waals surface area contributed by atoms with Crippen LogP contribution in [0.4, 0.5) is 19.0 Å². The van der Waals surface area contributed by atoms with Crippen LogP contribution < -0.4 is 4.90 Å². The fraction of sp³-hybridized carbons (Fsp3) is 0.750. The summed E-state index contributed by atoms with van der Waals surface area (Å²) in [6, 6.07) is 3.05. The van der Waals surface area contributed by atoms with E-state index in [1.54, 1.807) is 0 Å². The molecule has 7 heteroatoms. The van der Waals surface area contributed by atoms with E-state index in [-0.39, 0.29) is 17.3 Å². The van der Waals surface area contributed by atoms with E-state index in [4.69, 9.17) is 0 Å². The zero-order chi connectivity index (χ0) is 19.1. The molecule has 150 valence electrons. The van der Waals surface area contributed by atoms with Gasteiger partial charge in [-0.05, 0) is 69.0 Å². The van der Waals surface area contributed by atoms with Gasteiger partial charge >= 0.3 is 6.18 Å². The van der Waals surface area contributed by atoms with Crippen LogP contribution in [0.3, 0.4) is 0 Å². The van der Waals surface area contributed by atoms with Crippen molar-refractivity contribution in [2.24, 2.45) is 5.41 Å². The average Bonchev–Trinajstić information content (AvgIpc) is 3.06. The number of aliphatic hydroxyl groups is 1. The first-order valence-electron chi connectivity index (χ1n) is 10.1. The number of halogens is 3. The first-order valence-corrected chi connectivity index (χ1v) is 10.1. The number of rotatable bonds is 2. The lowest BCUT2D eigenvalue weighted by molar-refractivity contribution is -0.137. The zero-order valence-corrected chi connectivity index (χ0v) is 15.6. The second-order valence-corrected chi connectivity index (χ2v) is 8.54. The summed E-state index contributed by atoms with van der Waals surface area (Å²) in [7, 11) is 0. The Morgan fingerprint density at radius 2 is 1.70 bits per heavy atom. The molecule has 0 unspecified atom stereocenters. The number of anilines is 1. The van der Waals surface area contributed by atoms with Crippen molar-refractivity contribution in [1.29, 1.82) is 0 Å². The van der Waals surface area contributed by atoms with Crippen LogP contribution in [0.2, 0.25) is 0 Å². The van der Waals surface area contributed by atoms with Crippen molar-refractivity contribution in [3.63, 3.8) is 0 Å². The summed E-state index contributed by atoms with van der Waals surface area (Å²) in [5, 5.41) is 9.72. The van der Waals surface area contributed by atoms with Crippen LogP contribution in [0.5, 0.6) is 0 Å². The van der Waals surface area contributed by atoms with Gasteiger partial charge in [-0.3, -0.25) is 4.90 Å². The standard InChI is InChI=1S/C20H28F3N3O/c21-20(22,23)17-2-1-10-24-18(17)25-11-7-19(8-12-25)9-13-26(14-19)15-3-5-16(27)6-4-15/h1-2,10,15-16,27H,3-9,11-14H2/t15-,16-. The molecule has 0 radical (unpaired) electrons. The predicted molar refractivity (Wildman–Crippen MR) is 97.6 cm³/mol. The van der Waals surface area contributed by atoms with Gasteiger partial charge in [0.1, 0.15) is 5.82 Å². The van der Waals surface area contributed by atoms with E-state index >= 15 is 0 Å². The molecule has 1 spiro atoms. The van der Waals surface area contributed by atoms with Crippen molar-refractivity contribution in [2.45, 2.75) is 63.3 Å². The highest BCUT2D eigenvalue weighted by atomic mass is 19.4. The van der Waals surface area contributed by atoms with E-state index in [1.807, 2.05) is 4.90 Å². The van der Waals surface area contributed by atoms with E-state index in [2.05, 4.69) is 9.88 Å². The molecule has 1 aromatic rings. The Balaban J connectivity index is 1.39. The van der Waals surface area contributed by atoms with Crippen molar-refractivity contribution >= 4 is 5.82 Å². The number of alkyl halides is 3. The number of likely N-dealkylation sites (tertiary alicyclic amines) is 1. The maximum Gasteiger partial charge on any atom is 0.419 e. The van der Waals surface area contributed by atoms with Crippen LogP contribution >= 0.6 is 0 Å². The molecule has 3 aliphatic rings. The number of hydrogen-bond donors (Lipinski definition) is 1. The van der Waals surface area contributed by atoms with Crippen molar-refractivity contribution in [3.05, 3.63) is 23.9 Å². The lowest BCUT2D eigenvalue weighted by atomic mass is 9.77. The normalized spacial score (nSPS) is 29.4. The number of aliphatic hydroxyl groups excluding tert-OH is 1. The van der Waals surface area contributed by atoms with E-state index in [0.717, 1.165) is 64.1 Å². The largest absolute Gasteiger partial charge is 0.419 e. The molecule has 4 rings (SSSR count). The third-order valence-corrected chi connectivity index (χ3v) is 6.87. The number of piperidine rings is 1. The van der Waals surface area contributed by atoms with Gasteiger partial charge in [-0.2, -0.15) is 13.2 Å². The van der Waals surface area contributed by atoms with Gasteiger partial charge in [-0.25, -0.2) is 4.98 Å². The smallest absolute Gasteiger partial charge is 0.393 e. The topological polar surface area (TPSA) is 39.6 Å². The van der Waals surface area contributed by atoms with Gasteiger partial charge in [0, 0.05) is 31.9 Å². The van der Waals surface area contributed by atoms with Crippen molar-refractivity contribution in [3.8, 4) is 0 Å². The molecule has 3 heterocycles. The monoisotopic (exact) mass is 383 g/mol. The third kappa shape index (κ3) is 3.94. The Bertz CT molecular complexity index is 650. The fourth-order valence-electron chi connectivity index (χ4n) is 5.18. The Morgan fingerprint density at radius 1 is 1.04 bits per heavy atom. The predicted octanol–water partition coefficient (Wildman–Crippen LogP) is 3.70. The molecule has 3 fully saturated rings. The highest BCUT2D eigenvalue weighted by molar-refractivity contribution is 5.48. The van der Waals surface area contributed by atoms with Crippen LogP contribution in [0, 0.1) is 5.41 Å². The molecule has 1 aliphatic carbocycles. The molecule has 2 saturated heterocycles. The van der Waals surface area contributed by atoms with E-state index < -0.39 is 11.7 Å². The summed E-state index contributed by atoms with van der Waals surface area (Å²) in [6.07, 6.45) is 3.83. The number of nitrogens with zero attached hydrogens (tertiary/aromatic N) is 3. The molecule has 0 aromatic carbocycles. The van der Waals surface area contributed by atoms with Gasteiger partial charge in [0.2, 0.25) is 0 Å². The van der Waals surface area contributed by atoms with Gasteiger partial charge in [0.25, 0.3) is 0 Å². The summed E-state index contributed by atoms with van der Waals surface area (Å²) in [4.78, 5) is 8.44. The van der Waals surface area contributed by atoms with Gasteiger partial charge < -0.3 is 10.0 Å². The van der Waals surface area contributed by atoms with Crippen LogP contribution in [0.25, 0.3) is 0 Å². The molecule has 4 nitrogen and oxygen atoms in total. The lowest BCUT2D eigenvalue weighted by Crippen LogP contribution is -2.44. The highest BCUT2D eigenvalue weighted by Gasteiger charge is 2.44. The van der Waals surface area contributed by atoms with Crippen molar-refractivity contribution in [2.75, 3.05) is 31.1 Å². The quantitative estimate of drug-likeness (QED) is 0.845. The van der Waals surface area contributed by atoms with E-state index in [1.165, 1.54) is 12.3 Å². The van der Waals surface area contributed by atoms with Gasteiger partial charge in [0.05, 0.1) is 11.7 Å². The first-order chi connectivity index (χ1) is 12.9. The van der Waals surface area contributed by atoms with Crippen LogP contribution in [0.1, 0.15) is 50.5 Å². The minimum atomic E-state index is -4.37. The summed E-state index contributed by atoms with van der Waals surface area (Å²) in [5.41, 5.74) is -0.394. The summed E-state index contributed by atoms with van der Waals surface area (Å²) in [6.45, 7) is 3.41. The number of aromatic nitrogens is 1. The molecular formula is C20H28F3N3O. The maximum absolute atomic E-state index is 13.3. The molecule has 27 heavy (non-hydrogen) atoms. The molecule has 1 N–H and O–H groups in total. The minimum absolute atomic E-state index is 0.0796. The molecule has 0 atom stereocenters. The molecule has 2 aliphatic heterocycles. The Kier molecular flexibility index (Phi) is 5.10. The second-order valence-electron chi connectivity index (χ2n) is 8.54.